The molecule has 2 amide bonds. The van der Waals surface area contributed by atoms with Gasteiger partial charge in [-0.2, -0.15) is 0 Å². The van der Waals surface area contributed by atoms with E-state index in [1.54, 1.807) is 16.8 Å². The van der Waals surface area contributed by atoms with Crippen LogP contribution in [0.4, 0.5) is 0 Å². The minimum absolute atomic E-state index is 0.101. The molecule has 1 aromatic carbocycles. The summed E-state index contributed by atoms with van der Waals surface area (Å²) >= 11 is 0. The lowest BCUT2D eigenvalue weighted by Crippen LogP contribution is -2.54. The van der Waals surface area contributed by atoms with Crippen molar-refractivity contribution in [2.24, 2.45) is 0 Å². The number of hydrogen-bond donors (Lipinski definition) is 1. The first-order valence-corrected chi connectivity index (χ1v) is 7.83. The van der Waals surface area contributed by atoms with Gasteiger partial charge in [-0.15, -0.1) is 0 Å². The number of carbonyl (C=O) groups is 2. The largest absolute Gasteiger partial charge is 0.395 e. The van der Waals surface area contributed by atoms with Crippen molar-refractivity contribution in [3.63, 3.8) is 0 Å². The van der Waals surface area contributed by atoms with Crippen molar-refractivity contribution in [3.05, 3.63) is 35.4 Å². The third-order valence-corrected chi connectivity index (χ3v) is 4.30. The van der Waals surface area contributed by atoms with Crippen molar-refractivity contribution in [2.75, 3.05) is 33.4 Å². The number of rotatable bonds is 5. The fraction of sp³-hybridized carbons (Fsp3) is 0.529. The van der Waals surface area contributed by atoms with E-state index in [2.05, 4.69) is 0 Å². The maximum absolute atomic E-state index is 12.8. The van der Waals surface area contributed by atoms with E-state index in [0.717, 1.165) is 11.1 Å². The Hall–Kier alpha value is -1.92. The molecule has 1 saturated heterocycles. The molecule has 1 heterocycles. The number of ether oxygens (including phenoxy) is 1. The van der Waals surface area contributed by atoms with Gasteiger partial charge in [0.25, 0.3) is 5.91 Å². The lowest BCUT2D eigenvalue weighted by atomic mass is 9.93. The second kappa shape index (κ2) is 7.57. The number of likely N-dealkylation sites (N-methyl/N-ethyl adjacent to an activating group) is 2. The molecule has 6 nitrogen and oxygen atoms in total. The molecule has 1 aliphatic rings. The molecule has 0 radical (unpaired) electrons. The van der Waals surface area contributed by atoms with Crippen LogP contribution in [-0.4, -0.2) is 66.2 Å². The summed E-state index contributed by atoms with van der Waals surface area (Å²) in [4.78, 5) is 28.0. The summed E-state index contributed by atoms with van der Waals surface area (Å²) in [5.74, 6) is -0.346. The van der Waals surface area contributed by atoms with E-state index in [4.69, 9.17) is 9.84 Å². The van der Waals surface area contributed by atoms with Gasteiger partial charge in [-0.1, -0.05) is 24.3 Å². The molecular weight excluding hydrogens is 296 g/mol. The monoisotopic (exact) mass is 320 g/mol. The first-order valence-electron chi connectivity index (χ1n) is 7.83. The summed E-state index contributed by atoms with van der Waals surface area (Å²) in [7, 11) is 1.70. The van der Waals surface area contributed by atoms with Gasteiger partial charge in [0, 0.05) is 20.1 Å². The average Bonchev–Trinajstić information content (AvgIpc) is 2.55. The van der Waals surface area contributed by atoms with Crippen LogP contribution in [0.5, 0.6) is 0 Å². The molecule has 2 rings (SSSR count). The zero-order chi connectivity index (χ0) is 17.0. The van der Waals surface area contributed by atoms with Crippen molar-refractivity contribution < 1.29 is 19.4 Å². The molecule has 0 spiro atoms. The van der Waals surface area contributed by atoms with E-state index < -0.39 is 12.1 Å². The minimum Gasteiger partial charge on any atom is -0.395 e. The van der Waals surface area contributed by atoms with E-state index in [1.807, 2.05) is 38.1 Å². The number of carbonyl (C=O) groups excluding carboxylic acids is 2. The van der Waals surface area contributed by atoms with E-state index in [-0.39, 0.29) is 31.6 Å². The van der Waals surface area contributed by atoms with Crippen molar-refractivity contribution >= 4 is 11.8 Å². The van der Waals surface area contributed by atoms with Crippen LogP contribution in [-0.2, 0) is 14.3 Å². The van der Waals surface area contributed by atoms with E-state index in [1.165, 1.54) is 0 Å². The van der Waals surface area contributed by atoms with Crippen molar-refractivity contribution in [1.29, 1.82) is 0 Å². The SMILES string of the molecule is CCN(CCO)C(=O)[C@H]1OCC(=O)N(C)[C@@H]1c1ccccc1C. The lowest BCUT2D eigenvalue weighted by Gasteiger charge is -2.40. The van der Waals surface area contributed by atoms with Crippen LogP contribution in [0.15, 0.2) is 24.3 Å². The van der Waals surface area contributed by atoms with Crippen molar-refractivity contribution in [1.82, 2.24) is 9.80 Å². The number of amides is 2. The molecule has 1 fully saturated rings. The molecule has 1 N–H and O–H groups in total. The third kappa shape index (κ3) is 3.54. The standard InChI is InChI=1S/C17H24N2O4/c1-4-19(9-10-20)17(22)16-15(18(3)14(21)11-23-16)13-8-6-5-7-12(13)2/h5-8,15-16,20H,4,9-11H2,1-3H3/t15-,16+/m1/s1. The maximum Gasteiger partial charge on any atom is 0.254 e. The maximum atomic E-state index is 12.8. The van der Waals surface area contributed by atoms with Crippen molar-refractivity contribution in [3.8, 4) is 0 Å². The molecule has 1 aromatic rings. The second-order valence-electron chi connectivity index (χ2n) is 5.68. The molecule has 2 atom stereocenters. The number of benzene rings is 1. The number of aliphatic hydroxyl groups is 1. The Labute approximate surface area is 136 Å². The number of morpholine rings is 1. The predicted molar refractivity (Wildman–Crippen MR) is 85.8 cm³/mol. The van der Waals surface area contributed by atoms with Gasteiger partial charge in [0.1, 0.15) is 6.61 Å². The molecule has 0 bridgehead atoms. The van der Waals surface area contributed by atoms with Crippen molar-refractivity contribution in [2.45, 2.75) is 26.0 Å². The topological polar surface area (TPSA) is 70.1 Å². The summed E-state index contributed by atoms with van der Waals surface area (Å²) in [6.45, 7) is 4.34. The number of nitrogens with zero attached hydrogens (tertiary/aromatic N) is 2. The first kappa shape index (κ1) is 17.4. The summed E-state index contributed by atoms with van der Waals surface area (Å²) in [5.41, 5.74) is 1.91. The Bertz CT molecular complexity index is 575. The van der Waals surface area contributed by atoms with E-state index >= 15 is 0 Å². The molecule has 0 saturated carbocycles. The molecule has 6 heteroatoms. The number of aliphatic hydroxyl groups excluding tert-OH is 1. The number of hydrogen-bond acceptors (Lipinski definition) is 4. The molecule has 0 aliphatic carbocycles. The highest BCUT2D eigenvalue weighted by atomic mass is 16.5. The fourth-order valence-corrected chi connectivity index (χ4v) is 2.93. The van der Waals surface area contributed by atoms with Crippen LogP contribution in [0.25, 0.3) is 0 Å². The smallest absolute Gasteiger partial charge is 0.254 e. The summed E-state index contributed by atoms with van der Waals surface area (Å²) in [6, 6.07) is 7.22. The van der Waals surface area contributed by atoms with Crippen LogP contribution >= 0.6 is 0 Å². The van der Waals surface area contributed by atoms with Gasteiger partial charge in [0.05, 0.1) is 12.6 Å². The van der Waals surface area contributed by atoms with Gasteiger partial charge >= 0.3 is 0 Å². The Morgan fingerprint density at radius 3 is 2.74 bits per heavy atom. The van der Waals surface area contributed by atoms with Gasteiger partial charge < -0.3 is 19.6 Å². The summed E-state index contributed by atoms with van der Waals surface area (Å²) in [6.07, 6.45) is -0.759. The van der Waals surface area contributed by atoms with E-state index in [0.29, 0.717) is 6.54 Å². The molecule has 0 aromatic heterocycles. The molecule has 1 aliphatic heterocycles. The highest BCUT2D eigenvalue weighted by molar-refractivity contribution is 5.86. The normalized spacial score (nSPS) is 21.4. The van der Waals surface area contributed by atoms with Crippen LogP contribution in [0.1, 0.15) is 24.1 Å². The van der Waals surface area contributed by atoms with E-state index in [9.17, 15) is 9.59 Å². The van der Waals surface area contributed by atoms with Crippen LogP contribution in [0.2, 0.25) is 0 Å². The summed E-state index contributed by atoms with van der Waals surface area (Å²) < 4.78 is 5.61. The fourth-order valence-electron chi connectivity index (χ4n) is 2.93. The zero-order valence-electron chi connectivity index (χ0n) is 13.9. The van der Waals surface area contributed by atoms with Crippen LogP contribution in [0.3, 0.4) is 0 Å². The van der Waals surface area contributed by atoms with Crippen LogP contribution in [0, 0.1) is 6.92 Å². The Kier molecular flexibility index (Phi) is 5.74. The predicted octanol–water partition coefficient (Wildman–Crippen LogP) is 0.734. The van der Waals surface area contributed by atoms with Gasteiger partial charge in [0.15, 0.2) is 6.10 Å². The average molecular weight is 320 g/mol. The van der Waals surface area contributed by atoms with Gasteiger partial charge in [-0.3, -0.25) is 9.59 Å². The molecule has 23 heavy (non-hydrogen) atoms. The Morgan fingerprint density at radius 1 is 1.43 bits per heavy atom. The van der Waals surface area contributed by atoms with Gasteiger partial charge in [-0.05, 0) is 25.0 Å². The third-order valence-electron chi connectivity index (χ3n) is 4.30. The molecule has 0 unspecified atom stereocenters. The van der Waals surface area contributed by atoms with Crippen LogP contribution < -0.4 is 0 Å². The van der Waals surface area contributed by atoms with Gasteiger partial charge in [0.2, 0.25) is 5.91 Å². The lowest BCUT2D eigenvalue weighted by molar-refractivity contribution is -0.167. The first-order chi connectivity index (χ1) is 11.0. The van der Waals surface area contributed by atoms with Gasteiger partial charge in [-0.25, -0.2) is 0 Å². The number of aryl methyl sites for hydroxylation is 1. The molecular formula is C17H24N2O4. The summed E-state index contributed by atoms with van der Waals surface area (Å²) in [5, 5.41) is 9.14. The quantitative estimate of drug-likeness (QED) is 0.868. The minimum atomic E-state index is -0.759. The highest BCUT2D eigenvalue weighted by Gasteiger charge is 2.41. The zero-order valence-corrected chi connectivity index (χ0v) is 13.9. The highest BCUT2D eigenvalue weighted by Crippen LogP contribution is 2.32. The second-order valence-corrected chi connectivity index (χ2v) is 5.68. The Morgan fingerprint density at radius 2 is 2.13 bits per heavy atom. The Balaban J connectivity index is 2.37. The molecule has 126 valence electrons.